The van der Waals surface area contributed by atoms with Gasteiger partial charge in [0.2, 0.25) is 10.0 Å². The molecule has 0 amide bonds. The van der Waals surface area contributed by atoms with Gasteiger partial charge in [-0.3, -0.25) is 0 Å². The van der Waals surface area contributed by atoms with Gasteiger partial charge in [0.15, 0.2) is 0 Å². The second-order valence-corrected chi connectivity index (χ2v) is 21.3. The largest absolute Gasteiger partial charge is 0.497 e. The first kappa shape index (κ1) is 49.1. The highest BCUT2D eigenvalue weighted by Gasteiger charge is 2.45. The number of carboxylic acid groups (broad SMARTS) is 1. The van der Waals surface area contributed by atoms with Crippen molar-refractivity contribution in [1.29, 1.82) is 0 Å². The highest BCUT2D eigenvalue weighted by Crippen LogP contribution is 2.47. The number of sulfonamides is 1. The summed E-state index contributed by atoms with van der Waals surface area (Å²) in [5.41, 5.74) is 5.86. The summed E-state index contributed by atoms with van der Waals surface area (Å²) in [5, 5.41) is 9.98. The van der Waals surface area contributed by atoms with E-state index < -0.39 is 21.2 Å². The van der Waals surface area contributed by atoms with Crippen molar-refractivity contribution in [3.05, 3.63) is 148 Å². The predicted molar refractivity (Wildman–Crippen MR) is 264 cm³/mol. The fourth-order valence-corrected chi connectivity index (χ4v) is 11.7. The maximum atomic E-state index is 14.4. The fraction of sp³-hybridized carbons (Fsp3) is 0.426. The van der Waals surface area contributed by atoms with Crippen LogP contribution in [0.4, 0.5) is 5.69 Å². The Labute approximate surface area is 406 Å². The molecule has 1 aliphatic heterocycles. The number of hydrogen-bond acceptors (Lipinski definition) is 10. The summed E-state index contributed by atoms with van der Waals surface area (Å²) >= 11 is 6.51. The van der Waals surface area contributed by atoms with Gasteiger partial charge in [0.1, 0.15) is 23.0 Å². The van der Waals surface area contributed by atoms with E-state index in [1.54, 1.807) is 46.5 Å². The van der Waals surface area contributed by atoms with Crippen molar-refractivity contribution < 1.29 is 46.7 Å². The van der Waals surface area contributed by atoms with Crippen LogP contribution in [0.15, 0.2) is 109 Å². The minimum atomic E-state index is -3.84. The molecular weight excluding hydrogens is 904 g/mol. The molecular formula is C54H63ClN2O10S. The molecule has 1 fully saturated rings. The molecule has 0 aromatic heterocycles. The lowest BCUT2D eigenvalue weighted by Gasteiger charge is -2.46. The van der Waals surface area contributed by atoms with Gasteiger partial charge in [0.25, 0.3) is 0 Å². The van der Waals surface area contributed by atoms with Crippen molar-refractivity contribution in [2.45, 2.75) is 81.9 Å². The van der Waals surface area contributed by atoms with Crippen LogP contribution in [0, 0.1) is 11.8 Å². The number of ether oxygens (including phenoxy) is 6. The summed E-state index contributed by atoms with van der Waals surface area (Å²) < 4.78 is 66.1. The number of hydrogen-bond donors (Lipinski definition) is 1. The third kappa shape index (κ3) is 11.4. The minimum Gasteiger partial charge on any atom is -0.497 e. The number of nitrogens with zero attached hydrogens (tertiary/aromatic N) is 2. The Morgan fingerprint density at radius 1 is 0.853 bits per heavy atom. The molecule has 3 aliphatic rings. The van der Waals surface area contributed by atoms with E-state index in [-0.39, 0.29) is 48.6 Å². The van der Waals surface area contributed by atoms with Gasteiger partial charge in [0.05, 0.1) is 63.8 Å². The summed E-state index contributed by atoms with van der Waals surface area (Å²) in [6.45, 7) is 4.60. The minimum absolute atomic E-state index is 0.00853. The number of carbonyl (C=O) groups is 1. The highest BCUT2D eigenvalue weighted by molar-refractivity contribution is 7.89. The van der Waals surface area contributed by atoms with Crippen LogP contribution in [0.5, 0.6) is 23.0 Å². The summed E-state index contributed by atoms with van der Waals surface area (Å²) in [4.78, 5) is 14.7. The van der Waals surface area contributed by atoms with E-state index in [0.29, 0.717) is 56.6 Å². The van der Waals surface area contributed by atoms with Gasteiger partial charge in [0, 0.05) is 43.2 Å². The van der Waals surface area contributed by atoms with Gasteiger partial charge in [-0.1, -0.05) is 54.1 Å². The van der Waals surface area contributed by atoms with Crippen LogP contribution in [-0.4, -0.2) is 89.4 Å². The smallest absolute Gasteiger partial charge is 0.335 e. The Balaban J connectivity index is 0.992. The lowest BCUT2D eigenvalue weighted by Crippen LogP contribution is -2.50. The van der Waals surface area contributed by atoms with Crippen molar-refractivity contribution in [3.63, 3.8) is 0 Å². The van der Waals surface area contributed by atoms with E-state index in [1.807, 2.05) is 78.9 Å². The standard InChI is InChI=1S/C54H63ClN2O10S/c1-37(68(60,61)57(30-38-7-16-45(62-2)17-8-38)31-39-9-18-46(63-3)19-10-39)33-65-27-25-51(66-34-40-11-20-47(64-4)21-12-40)48-22-13-43(48)32-56-35-54(26-5-6-41-28-44(55)15-23-49(41)54)36-67-52-24-14-42(53(58)59)29-50(52)56/h7-12,14-21,23-24,28-29,37,43,48,51H,5-6,13,22,25-27,30-36H2,1-4H3,(H,58,59)/t37?,43-,48+,51?,54?/m0/s1. The molecule has 14 heteroatoms. The van der Waals surface area contributed by atoms with Crippen LogP contribution in [0.1, 0.15) is 77.2 Å². The van der Waals surface area contributed by atoms with Gasteiger partial charge in [-0.15, -0.1) is 0 Å². The van der Waals surface area contributed by atoms with E-state index in [0.717, 1.165) is 65.3 Å². The number of benzene rings is 5. The lowest BCUT2D eigenvalue weighted by atomic mass is 9.68. The number of anilines is 1. The molecule has 0 saturated heterocycles. The van der Waals surface area contributed by atoms with Gasteiger partial charge in [-0.25, -0.2) is 13.2 Å². The van der Waals surface area contributed by atoms with Crippen molar-refractivity contribution in [2.75, 3.05) is 59.1 Å². The van der Waals surface area contributed by atoms with Crippen molar-refractivity contribution in [3.8, 4) is 23.0 Å². The summed E-state index contributed by atoms with van der Waals surface area (Å²) in [5.74, 6) is 2.25. The van der Waals surface area contributed by atoms with Crippen molar-refractivity contribution in [1.82, 2.24) is 4.31 Å². The third-order valence-electron chi connectivity index (χ3n) is 14.1. The average molecular weight is 968 g/mol. The lowest BCUT2D eigenvalue weighted by molar-refractivity contribution is -0.0654. The van der Waals surface area contributed by atoms with Crippen molar-refractivity contribution in [2.24, 2.45) is 11.8 Å². The normalized spacial score (nSPS) is 19.8. The van der Waals surface area contributed by atoms with Crippen LogP contribution in [0.3, 0.4) is 0 Å². The Bertz CT molecular complexity index is 2550. The van der Waals surface area contributed by atoms with E-state index in [2.05, 4.69) is 17.0 Å². The molecule has 5 aromatic carbocycles. The van der Waals surface area contributed by atoms with Gasteiger partial charge in [-0.05, 0) is 152 Å². The highest BCUT2D eigenvalue weighted by atomic mass is 35.5. The number of rotatable bonds is 21. The molecule has 12 nitrogen and oxygen atoms in total. The summed E-state index contributed by atoms with van der Waals surface area (Å²) in [6, 6.07) is 34.1. The quantitative estimate of drug-likeness (QED) is 0.0705. The maximum absolute atomic E-state index is 14.4. The Morgan fingerprint density at radius 3 is 2.07 bits per heavy atom. The maximum Gasteiger partial charge on any atom is 0.335 e. The monoisotopic (exact) mass is 966 g/mol. The number of carboxylic acids is 1. The Morgan fingerprint density at radius 2 is 1.49 bits per heavy atom. The molecule has 1 spiro atoms. The number of fused-ring (bicyclic) bond motifs is 3. The van der Waals surface area contributed by atoms with Crippen molar-refractivity contribution >= 4 is 33.3 Å². The predicted octanol–water partition coefficient (Wildman–Crippen LogP) is 9.98. The second-order valence-electron chi connectivity index (χ2n) is 18.5. The molecule has 0 radical (unpaired) electrons. The first-order chi connectivity index (χ1) is 32.9. The molecule has 1 N–H and O–H groups in total. The second kappa shape index (κ2) is 22.0. The molecule has 1 heterocycles. The molecule has 3 unspecified atom stereocenters. The van der Waals surface area contributed by atoms with Gasteiger partial charge >= 0.3 is 5.97 Å². The topological polar surface area (TPSA) is 133 Å². The molecule has 5 aromatic rings. The van der Waals surface area contributed by atoms with Crippen LogP contribution >= 0.6 is 11.6 Å². The van der Waals surface area contributed by atoms with E-state index in [9.17, 15) is 18.3 Å². The van der Waals surface area contributed by atoms with Crippen LogP contribution in [0.2, 0.25) is 5.02 Å². The third-order valence-corrected chi connectivity index (χ3v) is 16.5. The molecule has 362 valence electrons. The number of halogens is 1. The fourth-order valence-electron chi connectivity index (χ4n) is 10.1. The van der Waals surface area contributed by atoms with E-state index >= 15 is 0 Å². The zero-order valence-electron chi connectivity index (χ0n) is 39.4. The number of aromatic carboxylic acids is 1. The SMILES string of the molecule is COc1ccc(COC(CCOCC(C)S(=O)(=O)N(Cc2ccc(OC)cc2)Cc2ccc(OC)cc2)[C@@H]2CC[C@H]2CN2CC3(CCCc4cc(Cl)ccc43)COc3ccc(C(=O)O)cc32)cc1. The zero-order valence-corrected chi connectivity index (χ0v) is 41.0. The number of methoxy groups -OCH3 is 3. The molecule has 2 aliphatic carbocycles. The molecule has 0 bridgehead atoms. The summed E-state index contributed by atoms with van der Waals surface area (Å²) in [7, 11) is 1.01. The van der Waals surface area contributed by atoms with Gasteiger partial charge < -0.3 is 38.4 Å². The Hall–Kier alpha value is -5.31. The van der Waals surface area contributed by atoms with Crippen LogP contribution in [0.25, 0.3) is 0 Å². The molecule has 1 saturated carbocycles. The zero-order chi connectivity index (χ0) is 47.8. The molecule has 5 atom stereocenters. The Kier molecular flexibility index (Phi) is 15.9. The van der Waals surface area contributed by atoms with E-state index in [4.69, 9.17) is 40.0 Å². The first-order valence-corrected chi connectivity index (χ1v) is 25.4. The average Bonchev–Trinajstić information content (AvgIpc) is 3.49. The first-order valence-electron chi connectivity index (χ1n) is 23.5. The van der Waals surface area contributed by atoms with Crippen LogP contribution < -0.4 is 23.8 Å². The summed E-state index contributed by atoms with van der Waals surface area (Å²) in [6.07, 6.45) is 5.18. The van der Waals surface area contributed by atoms with Crippen LogP contribution in [-0.2, 0) is 51.0 Å². The van der Waals surface area contributed by atoms with Gasteiger partial charge in [-0.2, -0.15) is 4.31 Å². The van der Waals surface area contributed by atoms with E-state index in [1.165, 1.54) is 15.4 Å². The number of aryl methyl sites for hydroxylation is 1. The molecule has 68 heavy (non-hydrogen) atoms. The molecule has 8 rings (SSSR count).